The molecule has 9 nitrogen and oxygen atoms in total. The smallest absolute Gasteiger partial charge is 0.328 e. The summed E-state index contributed by atoms with van der Waals surface area (Å²) >= 11 is 3.52. The Morgan fingerprint density at radius 2 is 1.72 bits per heavy atom. The van der Waals surface area contributed by atoms with E-state index in [4.69, 9.17) is 10.2 Å². The van der Waals surface area contributed by atoms with Crippen LogP contribution in [0.1, 0.15) is 0 Å². The summed E-state index contributed by atoms with van der Waals surface area (Å²) in [5, 5.41) is 18.8. The molecular weight excluding hydrogens is 394 g/mol. The number of hydrogen-bond acceptors (Lipinski definition) is 6. The van der Waals surface area contributed by atoms with Crippen molar-refractivity contribution < 1.29 is 19.8 Å². The molecule has 1 aromatic carbocycles. The van der Waals surface area contributed by atoms with Crippen LogP contribution in [0.5, 0.6) is 0 Å². The first-order chi connectivity index (χ1) is 12.0. The third-order valence-corrected chi connectivity index (χ3v) is 3.50. The van der Waals surface area contributed by atoms with Gasteiger partial charge in [-0.1, -0.05) is 0 Å². The maximum absolute atomic E-state index is 9.55. The largest absolute Gasteiger partial charge is 0.478 e. The second-order valence-corrected chi connectivity index (χ2v) is 5.22. The molecule has 3 aromatic rings. The summed E-state index contributed by atoms with van der Waals surface area (Å²) in [4.78, 5) is 34.7. The number of H-pyrrole nitrogens is 1. The van der Waals surface area contributed by atoms with Gasteiger partial charge in [-0.05, 0) is 28.1 Å². The van der Waals surface area contributed by atoms with Crippen molar-refractivity contribution in [1.29, 1.82) is 0 Å². The molecule has 0 saturated heterocycles. The average Bonchev–Trinajstić information content (AvgIpc) is 3.09. The fraction of sp³-hybridized carbons (Fsp3) is 0. The van der Waals surface area contributed by atoms with Crippen LogP contribution in [0, 0.1) is 0 Å². The minimum atomic E-state index is -1.26. The lowest BCUT2D eigenvalue weighted by molar-refractivity contribution is -0.134. The summed E-state index contributed by atoms with van der Waals surface area (Å²) in [6, 6.07) is 3.85. The number of benzene rings is 1. The number of hydrogen-bond donors (Lipinski definition) is 4. The predicted octanol–water partition coefficient (Wildman–Crippen LogP) is 2.57. The number of halogens is 1. The zero-order chi connectivity index (χ0) is 18.2. The number of imidazole rings is 1. The highest BCUT2D eigenvalue weighted by Crippen LogP contribution is 2.30. The number of aliphatic carboxylic acids is 2. The molecule has 0 atom stereocenters. The Morgan fingerprint density at radius 3 is 2.32 bits per heavy atom. The molecule has 4 N–H and O–H groups in total. The number of carboxylic acids is 2. The number of carbonyl (C=O) groups is 2. The van der Waals surface area contributed by atoms with Gasteiger partial charge in [0.05, 0.1) is 15.7 Å². The van der Waals surface area contributed by atoms with Gasteiger partial charge in [-0.25, -0.2) is 14.6 Å². The predicted molar refractivity (Wildman–Crippen MR) is 93.5 cm³/mol. The molecule has 0 amide bonds. The monoisotopic (exact) mass is 405 g/mol. The van der Waals surface area contributed by atoms with E-state index in [-0.39, 0.29) is 0 Å². The highest BCUT2D eigenvalue weighted by Gasteiger charge is 2.07. The molecular formula is C15H12BrN5O4. The highest BCUT2D eigenvalue weighted by molar-refractivity contribution is 9.10. The van der Waals surface area contributed by atoms with E-state index in [0.717, 1.165) is 21.2 Å². The van der Waals surface area contributed by atoms with Gasteiger partial charge in [0.25, 0.3) is 0 Å². The second-order valence-electron chi connectivity index (χ2n) is 4.42. The average molecular weight is 406 g/mol. The summed E-state index contributed by atoms with van der Waals surface area (Å²) in [6.07, 6.45) is 7.91. The molecule has 128 valence electrons. The first-order valence-corrected chi connectivity index (χ1v) is 7.56. The van der Waals surface area contributed by atoms with Crippen LogP contribution >= 0.6 is 15.9 Å². The van der Waals surface area contributed by atoms with Gasteiger partial charge in [0.15, 0.2) is 0 Å². The van der Waals surface area contributed by atoms with Crippen molar-refractivity contribution in [2.24, 2.45) is 0 Å². The van der Waals surface area contributed by atoms with Crippen molar-refractivity contribution in [2.45, 2.75) is 0 Å². The minimum absolute atomic E-state index is 0.558. The molecule has 3 rings (SSSR count). The van der Waals surface area contributed by atoms with Crippen LogP contribution < -0.4 is 5.32 Å². The number of aromatic amines is 1. The van der Waals surface area contributed by atoms with Crippen LogP contribution in [-0.4, -0.2) is 42.1 Å². The van der Waals surface area contributed by atoms with Crippen LogP contribution in [0.3, 0.4) is 0 Å². The third-order valence-electron chi connectivity index (χ3n) is 2.70. The Kier molecular flexibility index (Phi) is 6.18. The van der Waals surface area contributed by atoms with E-state index in [1.54, 1.807) is 24.8 Å². The van der Waals surface area contributed by atoms with E-state index >= 15 is 0 Å². The molecule has 25 heavy (non-hydrogen) atoms. The number of aromatic nitrogens is 4. The lowest BCUT2D eigenvalue weighted by atomic mass is 10.2. The van der Waals surface area contributed by atoms with Crippen LogP contribution in [0.2, 0.25) is 0 Å². The van der Waals surface area contributed by atoms with E-state index in [9.17, 15) is 9.59 Å². The Labute approximate surface area is 149 Å². The Hall–Kier alpha value is -3.27. The summed E-state index contributed by atoms with van der Waals surface area (Å²) in [5.74, 6) is -1.83. The SMILES string of the molecule is Brc1c(Nc2ncc[nH]2)ccc2nccnc12.O=C(O)/C=C/C(=O)O. The van der Waals surface area contributed by atoms with Crippen molar-refractivity contribution >= 4 is 50.5 Å². The van der Waals surface area contributed by atoms with E-state index in [0.29, 0.717) is 18.1 Å². The molecule has 0 aliphatic rings. The van der Waals surface area contributed by atoms with Crippen LogP contribution in [-0.2, 0) is 9.59 Å². The van der Waals surface area contributed by atoms with Crippen LogP contribution in [0.15, 0.2) is 53.5 Å². The molecule has 2 heterocycles. The van der Waals surface area contributed by atoms with Crippen molar-refractivity contribution in [2.75, 3.05) is 5.32 Å². The van der Waals surface area contributed by atoms with E-state index in [2.05, 4.69) is 41.2 Å². The van der Waals surface area contributed by atoms with Gasteiger partial charge in [0, 0.05) is 36.9 Å². The molecule has 10 heteroatoms. The first-order valence-electron chi connectivity index (χ1n) is 6.77. The lowest BCUT2D eigenvalue weighted by Gasteiger charge is -2.07. The van der Waals surface area contributed by atoms with Gasteiger partial charge in [0.1, 0.15) is 5.52 Å². The topological polar surface area (TPSA) is 141 Å². The molecule has 0 aliphatic carbocycles. The molecule has 2 aromatic heterocycles. The number of anilines is 2. The molecule has 0 aliphatic heterocycles. The molecule has 0 spiro atoms. The van der Waals surface area contributed by atoms with Crippen LogP contribution in [0.25, 0.3) is 11.0 Å². The Morgan fingerprint density at radius 1 is 1.04 bits per heavy atom. The fourth-order valence-corrected chi connectivity index (χ4v) is 2.24. The Balaban J connectivity index is 0.000000242. The maximum atomic E-state index is 9.55. The number of nitrogens with zero attached hydrogens (tertiary/aromatic N) is 3. The van der Waals surface area contributed by atoms with E-state index < -0.39 is 11.9 Å². The molecule has 0 saturated carbocycles. The van der Waals surface area contributed by atoms with E-state index in [1.807, 2.05) is 12.1 Å². The number of carboxylic acid groups (broad SMARTS) is 2. The lowest BCUT2D eigenvalue weighted by Crippen LogP contribution is -1.95. The van der Waals surface area contributed by atoms with Gasteiger partial charge in [-0.15, -0.1) is 0 Å². The van der Waals surface area contributed by atoms with Crippen LogP contribution in [0.4, 0.5) is 11.6 Å². The highest BCUT2D eigenvalue weighted by atomic mass is 79.9. The van der Waals surface area contributed by atoms with Gasteiger partial charge in [-0.3, -0.25) is 9.97 Å². The Bertz CT molecular complexity index is 895. The zero-order valence-electron chi connectivity index (χ0n) is 12.5. The van der Waals surface area contributed by atoms with Crippen molar-refractivity contribution in [3.63, 3.8) is 0 Å². The van der Waals surface area contributed by atoms with Gasteiger partial charge < -0.3 is 20.5 Å². The standard InChI is InChI=1S/C11H8BrN5.C4H4O4/c12-9-7(17-11-15-5-6-16-11)1-2-8-10(9)14-4-3-13-8;5-3(6)1-2-4(7)8/h1-6H,(H2,15,16,17);1-2H,(H,5,6)(H,7,8)/b;2-1+. The number of fused-ring (bicyclic) bond motifs is 1. The van der Waals surface area contributed by atoms with E-state index in [1.165, 1.54) is 0 Å². The number of rotatable bonds is 4. The van der Waals surface area contributed by atoms with Crippen molar-refractivity contribution in [1.82, 2.24) is 19.9 Å². The normalized spacial score (nSPS) is 10.3. The van der Waals surface area contributed by atoms with Gasteiger partial charge >= 0.3 is 11.9 Å². The maximum Gasteiger partial charge on any atom is 0.328 e. The third kappa shape index (κ3) is 5.39. The summed E-state index contributed by atoms with van der Waals surface area (Å²) < 4.78 is 0.875. The minimum Gasteiger partial charge on any atom is -0.478 e. The number of nitrogens with one attached hydrogen (secondary N) is 2. The zero-order valence-corrected chi connectivity index (χ0v) is 14.1. The van der Waals surface area contributed by atoms with Gasteiger partial charge in [0.2, 0.25) is 5.95 Å². The first kappa shape index (κ1) is 18.1. The molecule has 0 bridgehead atoms. The molecule has 0 fully saturated rings. The second kappa shape index (κ2) is 8.55. The fourth-order valence-electron chi connectivity index (χ4n) is 1.70. The molecule has 0 unspecified atom stereocenters. The summed E-state index contributed by atoms with van der Waals surface area (Å²) in [7, 11) is 0. The summed E-state index contributed by atoms with van der Waals surface area (Å²) in [6.45, 7) is 0. The quantitative estimate of drug-likeness (QED) is 0.485. The van der Waals surface area contributed by atoms with Gasteiger partial charge in [-0.2, -0.15) is 0 Å². The molecule has 0 radical (unpaired) electrons. The van der Waals surface area contributed by atoms with Crippen molar-refractivity contribution in [3.8, 4) is 0 Å². The summed E-state index contributed by atoms with van der Waals surface area (Å²) in [5.41, 5.74) is 2.57. The van der Waals surface area contributed by atoms with Crippen molar-refractivity contribution in [3.05, 3.63) is 53.5 Å².